The molecule has 0 amide bonds. The zero-order valence-electron chi connectivity index (χ0n) is 9.37. The Morgan fingerprint density at radius 3 is 2.60 bits per heavy atom. The Balaban J connectivity index is 3.30. The zero-order chi connectivity index (χ0) is 11.6. The average Bonchev–Trinajstić information content (AvgIpc) is 2.07. The second-order valence-electron chi connectivity index (χ2n) is 4.43. The molecule has 0 unspecified atom stereocenters. The number of nitrogens with zero attached hydrogens (tertiary/aromatic N) is 2. The van der Waals surface area contributed by atoms with Crippen molar-refractivity contribution in [3.8, 4) is 0 Å². The van der Waals surface area contributed by atoms with Crippen molar-refractivity contribution in [1.29, 1.82) is 0 Å². The summed E-state index contributed by atoms with van der Waals surface area (Å²) in [7, 11) is 0. The monoisotopic (exact) mass is 322 g/mol. The van der Waals surface area contributed by atoms with Crippen molar-refractivity contribution >= 4 is 23.0 Å². The van der Waals surface area contributed by atoms with Crippen LogP contribution < -0.4 is 5.69 Å². The van der Waals surface area contributed by atoms with Gasteiger partial charge in [-0.2, -0.15) is 4.98 Å². The molecule has 1 heterocycles. The summed E-state index contributed by atoms with van der Waals surface area (Å²) < 4.78 is 6.66. The summed E-state index contributed by atoms with van der Waals surface area (Å²) in [6, 6.07) is 0. The lowest BCUT2D eigenvalue weighted by molar-refractivity contribution is 0.364. The third-order valence-electron chi connectivity index (χ3n) is 2.15. The molecule has 1 aromatic heterocycles. The molecule has 0 fully saturated rings. The third kappa shape index (κ3) is 3.01. The van der Waals surface area contributed by atoms with Crippen molar-refractivity contribution < 1.29 is 3.07 Å². The topological polar surface area (TPSA) is 44.1 Å². The molecule has 84 valence electrons. The van der Waals surface area contributed by atoms with Crippen molar-refractivity contribution in [2.24, 2.45) is 0 Å². The van der Waals surface area contributed by atoms with E-state index in [-0.39, 0.29) is 11.2 Å². The highest BCUT2D eigenvalue weighted by Crippen LogP contribution is 2.13. The first-order valence-electron chi connectivity index (χ1n) is 4.69. The van der Waals surface area contributed by atoms with Gasteiger partial charge in [0.1, 0.15) is 23.0 Å². The second kappa shape index (κ2) is 4.61. The summed E-state index contributed by atoms with van der Waals surface area (Å²) in [6.45, 7) is 8.20. The van der Waals surface area contributed by atoms with Gasteiger partial charge < -0.3 is 3.07 Å². The van der Waals surface area contributed by atoms with Gasteiger partial charge in [0.05, 0.1) is 12.3 Å². The molecule has 1 rings (SSSR count). The van der Waals surface area contributed by atoms with Crippen LogP contribution in [0.2, 0.25) is 0 Å². The van der Waals surface area contributed by atoms with Gasteiger partial charge in [-0.1, -0.05) is 0 Å². The second-order valence-corrected chi connectivity index (χ2v) is 5.05. The van der Waals surface area contributed by atoms with Gasteiger partial charge >= 0.3 is 5.69 Å². The van der Waals surface area contributed by atoms with E-state index in [0.717, 1.165) is 11.3 Å². The molecule has 4 nitrogen and oxygen atoms in total. The molecule has 0 aromatic carbocycles. The maximum Gasteiger partial charge on any atom is 0.348 e. The summed E-state index contributed by atoms with van der Waals surface area (Å²) in [5.41, 5.74) is 1.21. The molecule has 5 heteroatoms. The summed E-state index contributed by atoms with van der Waals surface area (Å²) >= 11 is 1.83. The Hall–Kier alpha value is -0.430. The van der Waals surface area contributed by atoms with Crippen molar-refractivity contribution in [2.75, 3.05) is 0 Å². The van der Waals surface area contributed by atoms with E-state index >= 15 is 0 Å². The van der Waals surface area contributed by atoms with E-state index in [2.05, 4.69) is 4.98 Å². The van der Waals surface area contributed by atoms with Gasteiger partial charge in [0.15, 0.2) is 0 Å². The lowest BCUT2D eigenvalue weighted by Crippen LogP contribution is -2.36. The Bertz CT molecular complexity index is 407. The molecule has 15 heavy (non-hydrogen) atoms. The van der Waals surface area contributed by atoms with Crippen molar-refractivity contribution in [3.63, 3.8) is 0 Å². The molecule has 0 radical (unpaired) electrons. The summed E-state index contributed by atoms with van der Waals surface area (Å²) in [6.07, 6.45) is 1.82. The van der Waals surface area contributed by atoms with Crippen LogP contribution in [0.3, 0.4) is 0 Å². The van der Waals surface area contributed by atoms with Gasteiger partial charge in [-0.05, 0) is 27.7 Å². The number of hydrogen-bond acceptors (Lipinski definition) is 3. The molecule has 0 N–H and O–H groups in total. The Morgan fingerprint density at radius 1 is 1.53 bits per heavy atom. The minimum absolute atomic E-state index is 0.211. The molecule has 0 bridgehead atoms. The fraction of sp³-hybridized carbons (Fsp3) is 0.600. The molecular weight excluding hydrogens is 307 g/mol. The predicted octanol–water partition coefficient (Wildman–Crippen LogP) is 2.17. The molecule has 0 aliphatic carbocycles. The molecule has 0 saturated heterocycles. The molecule has 0 atom stereocenters. The fourth-order valence-corrected chi connectivity index (χ4v) is 1.59. The summed E-state index contributed by atoms with van der Waals surface area (Å²) in [5, 5.41) is 0. The lowest BCUT2D eigenvalue weighted by atomic mass is 10.1. The van der Waals surface area contributed by atoms with Crippen molar-refractivity contribution in [3.05, 3.63) is 27.9 Å². The standard InChI is InChI=1S/C10H15IN2O2/c1-7-8(6-15-11)5-13(9(14)12-7)10(2,3)4/h5H,6H2,1-4H3. The highest BCUT2D eigenvalue weighted by atomic mass is 127. The van der Waals surface area contributed by atoms with Gasteiger partial charge in [-0.15, -0.1) is 0 Å². The zero-order valence-corrected chi connectivity index (χ0v) is 11.5. The van der Waals surface area contributed by atoms with Crippen molar-refractivity contribution in [1.82, 2.24) is 9.55 Å². The SMILES string of the molecule is Cc1nc(=O)n(C(C)(C)C)cc1COI. The van der Waals surface area contributed by atoms with E-state index in [9.17, 15) is 4.79 Å². The Kier molecular flexibility index (Phi) is 3.88. The van der Waals surface area contributed by atoms with Crippen LogP contribution in [0.1, 0.15) is 32.0 Å². The summed E-state index contributed by atoms with van der Waals surface area (Å²) in [5.74, 6) is 0. The number of aryl methyl sites for hydroxylation is 1. The number of hydrogen-bond donors (Lipinski definition) is 0. The highest BCUT2D eigenvalue weighted by molar-refractivity contribution is 14.1. The van der Waals surface area contributed by atoms with Crippen molar-refractivity contribution in [2.45, 2.75) is 39.8 Å². The van der Waals surface area contributed by atoms with Crippen LogP contribution in [0, 0.1) is 6.92 Å². The molecule has 0 saturated carbocycles. The molecular formula is C10H15IN2O2. The van der Waals surface area contributed by atoms with Gasteiger partial charge in [-0.3, -0.25) is 4.57 Å². The average molecular weight is 322 g/mol. The molecule has 0 spiro atoms. The maximum absolute atomic E-state index is 11.7. The van der Waals surface area contributed by atoms with Crippen LogP contribution in [-0.2, 0) is 15.2 Å². The minimum Gasteiger partial charge on any atom is -0.311 e. The van der Waals surface area contributed by atoms with Crippen LogP contribution in [0.15, 0.2) is 11.0 Å². The van der Waals surface area contributed by atoms with Gasteiger partial charge in [0.2, 0.25) is 0 Å². The number of rotatable bonds is 2. The molecule has 0 aliphatic rings. The highest BCUT2D eigenvalue weighted by Gasteiger charge is 2.16. The van der Waals surface area contributed by atoms with E-state index in [1.807, 2.05) is 56.9 Å². The van der Waals surface area contributed by atoms with Crippen LogP contribution in [0.25, 0.3) is 0 Å². The molecule has 0 aliphatic heterocycles. The lowest BCUT2D eigenvalue weighted by Gasteiger charge is -2.22. The number of aromatic nitrogens is 2. The van der Waals surface area contributed by atoms with Gasteiger partial charge in [-0.25, -0.2) is 4.79 Å². The Morgan fingerprint density at radius 2 is 2.13 bits per heavy atom. The fourth-order valence-electron chi connectivity index (χ4n) is 1.25. The first-order valence-corrected chi connectivity index (χ1v) is 5.57. The largest absolute Gasteiger partial charge is 0.348 e. The normalized spacial score (nSPS) is 11.8. The van der Waals surface area contributed by atoms with Crippen LogP contribution >= 0.6 is 23.0 Å². The van der Waals surface area contributed by atoms with E-state index in [4.69, 9.17) is 3.07 Å². The quantitative estimate of drug-likeness (QED) is 0.784. The third-order valence-corrected chi connectivity index (χ3v) is 2.46. The Labute approximate surface area is 103 Å². The minimum atomic E-state index is -0.252. The van der Waals surface area contributed by atoms with E-state index in [1.165, 1.54) is 0 Å². The predicted molar refractivity (Wildman–Crippen MR) is 67.0 cm³/mol. The first-order chi connectivity index (χ1) is 6.86. The molecule has 1 aromatic rings. The smallest absolute Gasteiger partial charge is 0.311 e. The van der Waals surface area contributed by atoms with Crippen LogP contribution in [-0.4, -0.2) is 9.55 Å². The van der Waals surface area contributed by atoms with E-state index < -0.39 is 0 Å². The van der Waals surface area contributed by atoms with E-state index in [0.29, 0.717) is 6.61 Å². The van der Waals surface area contributed by atoms with Crippen LogP contribution in [0.5, 0.6) is 0 Å². The number of halogens is 1. The summed E-state index contributed by atoms with van der Waals surface area (Å²) in [4.78, 5) is 15.6. The van der Waals surface area contributed by atoms with Gasteiger partial charge in [0, 0.05) is 17.3 Å². The van der Waals surface area contributed by atoms with Gasteiger partial charge in [0.25, 0.3) is 0 Å². The van der Waals surface area contributed by atoms with E-state index in [1.54, 1.807) is 4.57 Å². The maximum atomic E-state index is 11.7. The van der Waals surface area contributed by atoms with Crippen LogP contribution in [0.4, 0.5) is 0 Å². The first kappa shape index (κ1) is 12.6.